The number of ether oxygens (including phenoxy) is 2. The zero-order valence-corrected chi connectivity index (χ0v) is 15.1. The zero-order valence-electron chi connectivity index (χ0n) is 13.5. The monoisotopic (exact) mass is 379 g/mol. The summed E-state index contributed by atoms with van der Waals surface area (Å²) in [5.41, 5.74) is 0.840. The predicted molar refractivity (Wildman–Crippen MR) is 96.7 cm³/mol. The number of nitrogens with zero attached hydrogens (tertiary/aromatic N) is 1. The molecule has 0 atom stereocenters. The molecule has 7 heteroatoms. The Balaban J connectivity index is 1.91. The van der Waals surface area contributed by atoms with Gasteiger partial charge in [-0.3, -0.25) is 0 Å². The van der Waals surface area contributed by atoms with Crippen LogP contribution in [0.1, 0.15) is 5.56 Å². The van der Waals surface area contributed by atoms with Crippen LogP contribution in [0.4, 0.5) is 0 Å². The first-order valence-corrected chi connectivity index (χ1v) is 9.57. The molecule has 0 radical (unpaired) electrons. The Bertz CT molecular complexity index is 865. The third-order valence-electron chi connectivity index (χ3n) is 3.76. The topological polar surface area (TPSA) is 55.8 Å². The van der Waals surface area contributed by atoms with E-state index in [0.717, 1.165) is 5.56 Å². The predicted octanol–water partition coefficient (Wildman–Crippen LogP) is 3.49. The van der Waals surface area contributed by atoms with Crippen molar-refractivity contribution in [3.05, 3.63) is 65.7 Å². The molecule has 0 aliphatic carbocycles. The Kier molecular flexibility index (Phi) is 5.32. The van der Waals surface area contributed by atoms with Gasteiger partial charge in [0, 0.05) is 24.2 Å². The molecule has 132 valence electrons. The number of rotatable bonds is 6. The largest absolute Gasteiger partial charge is 0.486 e. The normalized spacial score (nSPS) is 13.7. The van der Waals surface area contributed by atoms with E-state index < -0.39 is 10.0 Å². The van der Waals surface area contributed by atoms with Gasteiger partial charge in [0.15, 0.2) is 11.5 Å². The van der Waals surface area contributed by atoms with Gasteiger partial charge in [0.1, 0.15) is 13.2 Å². The van der Waals surface area contributed by atoms with Gasteiger partial charge >= 0.3 is 0 Å². The van der Waals surface area contributed by atoms with E-state index >= 15 is 0 Å². The van der Waals surface area contributed by atoms with Crippen molar-refractivity contribution in [2.75, 3.05) is 19.8 Å². The Hall–Kier alpha value is -2.02. The highest BCUT2D eigenvalue weighted by atomic mass is 35.5. The summed E-state index contributed by atoms with van der Waals surface area (Å²) in [5.74, 6) is 0.996. The molecule has 1 aliphatic heterocycles. The summed E-state index contributed by atoms with van der Waals surface area (Å²) in [7, 11) is -3.71. The minimum Gasteiger partial charge on any atom is -0.486 e. The van der Waals surface area contributed by atoms with Gasteiger partial charge in [0.2, 0.25) is 10.0 Å². The molecule has 2 aromatic carbocycles. The molecule has 0 amide bonds. The summed E-state index contributed by atoms with van der Waals surface area (Å²) in [5, 5.41) is 0.605. The zero-order chi connectivity index (χ0) is 17.9. The van der Waals surface area contributed by atoms with Crippen molar-refractivity contribution >= 4 is 21.6 Å². The molecule has 25 heavy (non-hydrogen) atoms. The average Bonchev–Trinajstić information content (AvgIpc) is 2.62. The van der Waals surface area contributed by atoms with Crippen LogP contribution in [0.5, 0.6) is 11.5 Å². The van der Waals surface area contributed by atoms with Crippen molar-refractivity contribution in [3.63, 3.8) is 0 Å². The van der Waals surface area contributed by atoms with Gasteiger partial charge in [-0.25, -0.2) is 8.42 Å². The molecule has 0 fully saturated rings. The maximum absolute atomic E-state index is 13.0. The Labute approximate surface area is 152 Å². The minimum atomic E-state index is -3.71. The molecule has 0 aromatic heterocycles. The number of hydrogen-bond acceptors (Lipinski definition) is 4. The van der Waals surface area contributed by atoms with Gasteiger partial charge in [-0.05, 0) is 29.8 Å². The van der Waals surface area contributed by atoms with Crippen molar-refractivity contribution in [2.24, 2.45) is 0 Å². The first kappa shape index (κ1) is 17.8. The fourth-order valence-electron chi connectivity index (χ4n) is 2.52. The van der Waals surface area contributed by atoms with Gasteiger partial charge < -0.3 is 9.47 Å². The van der Waals surface area contributed by atoms with Crippen LogP contribution in [-0.2, 0) is 16.6 Å². The summed E-state index contributed by atoms with van der Waals surface area (Å²) in [4.78, 5) is 0.160. The molecular weight excluding hydrogens is 362 g/mol. The van der Waals surface area contributed by atoms with Gasteiger partial charge in [0.25, 0.3) is 0 Å². The molecule has 2 aromatic rings. The van der Waals surface area contributed by atoms with E-state index in [1.54, 1.807) is 36.4 Å². The number of halogens is 1. The summed E-state index contributed by atoms with van der Waals surface area (Å²) < 4.78 is 38.4. The molecule has 0 bridgehead atoms. The molecule has 0 N–H and O–H groups in total. The quantitative estimate of drug-likeness (QED) is 0.721. The third-order valence-corrected chi connectivity index (χ3v) is 5.82. The highest BCUT2D eigenvalue weighted by Gasteiger charge is 2.26. The molecule has 5 nitrogen and oxygen atoms in total. The lowest BCUT2D eigenvalue weighted by molar-refractivity contribution is 0.171. The van der Waals surface area contributed by atoms with Gasteiger partial charge in [-0.15, -0.1) is 6.58 Å². The summed E-state index contributed by atoms with van der Waals surface area (Å²) in [6, 6.07) is 11.7. The van der Waals surface area contributed by atoms with Gasteiger partial charge in [0.05, 0.1) is 4.90 Å². The Morgan fingerprint density at radius 3 is 2.44 bits per heavy atom. The Morgan fingerprint density at radius 2 is 1.76 bits per heavy atom. The number of fused-ring (bicyclic) bond motifs is 1. The van der Waals surface area contributed by atoms with Crippen LogP contribution < -0.4 is 9.47 Å². The molecular formula is C18H18ClNO4S. The van der Waals surface area contributed by atoms with E-state index in [-0.39, 0.29) is 18.0 Å². The molecule has 1 aliphatic rings. The van der Waals surface area contributed by atoms with Crippen molar-refractivity contribution in [1.29, 1.82) is 0 Å². The standard InChI is InChI=1S/C18H18ClNO4S/c1-2-9-20(13-14-3-5-15(19)6-4-14)25(21,22)16-7-8-17-18(12-16)24-11-10-23-17/h2-8,12H,1,9-11,13H2. The first-order valence-electron chi connectivity index (χ1n) is 7.76. The highest BCUT2D eigenvalue weighted by molar-refractivity contribution is 7.89. The number of sulfonamides is 1. The second-order valence-electron chi connectivity index (χ2n) is 5.52. The van der Waals surface area contributed by atoms with E-state index in [2.05, 4.69) is 6.58 Å². The van der Waals surface area contributed by atoms with E-state index in [1.165, 1.54) is 16.4 Å². The maximum atomic E-state index is 13.0. The van der Waals surface area contributed by atoms with Crippen molar-refractivity contribution in [1.82, 2.24) is 4.31 Å². The summed E-state index contributed by atoms with van der Waals surface area (Å²) in [6.45, 7) is 4.93. The van der Waals surface area contributed by atoms with Gasteiger partial charge in [-0.1, -0.05) is 29.8 Å². The molecule has 1 heterocycles. The van der Waals surface area contributed by atoms with Gasteiger partial charge in [-0.2, -0.15) is 4.31 Å². The highest BCUT2D eigenvalue weighted by Crippen LogP contribution is 2.33. The van der Waals surface area contributed by atoms with Crippen LogP contribution in [0.15, 0.2) is 60.0 Å². The lowest BCUT2D eigenvalue weighted by atomic mass is 10.2. The van der Waals surface area contributed by atoms with Crippen LogP contribution >= 0.6 is 11.6 Å². The lowest BCUT2D eigenvalue weighted by Gasteiger charge is -2.23. The van der Waals surface area contributed by atoms with E-state index in [1.807, 2.05) is 0 Å². The van der Waals surface area contributed by atoms with Crippen molar-refractivity contribution in [3.8, 4) is 11.5 Å². The SMILES string of the molecule is C=CCN(Cc1ccc(Cl)cc1)S(=O)(=O)c1ccc2c(c1)OCCO2. The number of benzene rings is 2. The fourth-order valence-corrected chi connectivity index (χ4v) is 4.06. The molecule has 0 saturated heterocycles. The third kappa shape index (κ3) is 3.98. The van der Waals surface area contributed by atoms with Crippen LogP contribution in [-0.4, -0.2) is 32.5 Å². The first-order chi connectivity index (χ1) is 12.0. The van der Waals surface area contributed by atoms with Crippen LogP contribution in [0, 0.1) is 0 Å². The second kappa shape index (κ2) is 7.47. The lowest BCUT2D eigenvalue weighted by Crippen LogP contribution is -2.31. The Morgan fingerprint density at radius 1 is 1.08 bits per heavy atom. The van der Waals surface area contributed by atoms with E-state index in [0.29, 0.717) is 29.7 Å². The second-order valence-corrected chi connectivity index (χ2v) is 7.89. The van der Waals surface area contributed by atoms with Crippen molar-refractivity contribution < 1.29 is 17.9 Å². The summed E-state index contributed by atoms with van der Waals surface area (Å²) in [6.07, 6.45) is 1.56. The number of hydrogen-bond donors (Lipinski definition) is 0. The average molecular weight is 380 g/mol. The minimum absolute atomic E-state index is 0.160. The van der Waals surface area contributed by atoms with Crippen molar-refractivity contribution in [2.45, 2.75) is 11.4 Å². The van der Waals surface area contributed by atoms with Crippen LogP contribution in [0.2, 0.25) is 5.02 Å². The van der Waals surface area contributed by atoms with Crippen LogP contribution in [0.25, 0.3) is 0 Å². The van der Waals surface area contributed by atoms with E-state index in [9.17, 15) is 8.42 Å². The molecule has 0 saturated carbocycles. The fraction of sp³-hybridized carbons (Fsp3) is 0.222. The van der Waals surface area contributed by atoms with E-state index in [4.69, 9.17) is 21.1 Å². The molecule has 3 rings (SSSR count). The molecule has 0 unspecified atom stereocenters. The smallest absolute Gasteiger partial charge is 0.243 e. The maximum Gasteiger partial charge on any atom is 0.243 e. The summed E-state index contributed by atoms with van der Waals surface area (Å²) >= 11 is 5.89. The molecule has 0 spiro atoms. The van der Waals surface area contributed by atoms with Crippen LogP contribution in [0.3, 0.4) is 0 Å².